The number of rotatable bonds is 3. The van der Waals surface area contributed by atoms with E-state index in [4.69, 9.17) is 0 Å². The second kappa shape index (κ2) is 7.15. The molecule has 6 heteroatoms. The van der Waals surface area contributed by atoms with Gasteiger partial charge in [0, 0.05) is 25.2 Å². The van der Waals surface area contributed by atoms with Crippen molar-refractivity contribution in [3.8, 4) is 0 Å². The SMILES string of the molecule is Cc1cc(C)c(C2C(=O)CC(C(=O)Nc3ncccn3)CC2=O)c(C)c1. The summed E-state index contributed by atoms with van der Waals surface area (Å²) in [6, 6.07) is 5.60. The number of aryl methyl sites for hydroxylation is 3. The van der Waals surface area contributed by atoms with Crippen LogP contribution in [0.5, 0.6) is 0 Å². The standard InChI is InChI=1S/C20H21N3O3/c1-11-7-12(2)17(13(3)8-11)18-15(24)9-14(10-16(18)25)19(26)23-20-21-5-4-6-22-20/h4-8,14,18H,9-10H2,1-3H3,(H,21,22,23,26). The number of carbonyl (C=O) groups is 3. The Labute approximate surface area is 152 Å². The van der Waals surface area contributed by atoms with E-state index in [9.17, 15) is 14.4 Å². The van der Waals surface area contributed by atoms with Gasteiger partial charge in [-0.1, -0.05) is 17.7 Å². The lowest BCUT2D eigenvalue weighted by Gasteiger charge is -2.28. The lowest BCUT2D eigenvalue weighted by molar-refractivity contribution is -0.138. The van der Waals surface area contributed by atoms with E-state index in [1.807, 2.05) is 32.9 Å². The molecule has 0 radical (unpaired) electrons. The van der Waals surface area contributed by atoms with Crippen LogP contribution >= 0.6 is 0 Å². The first kappa shape index (κ1) is 17.9. The number of hydrogen-bond donors (Lipinski definition) is 1. The largest absolute Gasteiger partial charge is 0.298 e. The van der Waals surface area contributed by atoms with E-state index in [0.717, 1.165) is 22.3 Å². The van der Waals surface area contributed by atoms with Gasteiger partial charge in [-0.25, -0.2) is 9.97 Å². The molecule has 0 bridgehead atoms. The number of benzene rings is 1. The van der Waals surface area contributed by atoms with Crippen LogP contribution in [-0.2, 0) is 14.4 Å². The summed E-state index contributed by atoms with van der Waals surface area (Å²) in [4.78, 5) is 45.7. The molecule has 0 saturated heterocycles. The molecule has 1 N–H and O–H groups in total. The molecule has 0 aliphatic heterocycles. The third-order valence-corrected chi connectivity index (χ3v) is 4.74. The summed E-state index contributed by atoms with van der Waals surface area (Å²) in [7, 11) is 0. The maximum Gasteiger partial charge on any atom is 0.230 e. The van der Waals surface area contributed by atoms with Gasteiger partial charge in [-0.2, -0.15) is 0 Å². The second-order valence-electron chi connectivity index (χ2n) is 6.84. The molecule has 1 amide bonds. The van der Waals surface area contributed by atoms with Crippen LogP contribution in [0.15, 0.2) is 30.6 Å². The van der Waals surface area contributed by atoms with Gasteiger partial charge in [0.1, 0.15) is 17.5 Å². The number of amides is 1. The molecule has 2 aromatic rings. The van der Waals surface area contributed by atoms with Crippen molar-refractivity contribution in [2.75, 3.05) is 5.32 Å². The van der Waals surface area contributed by atoms with Crippen LogP contribution in [0.25, 0.3) is 0 Å². The first-order valence-electron chi connectivity index (χ1n) is 8.58. The number of nitrogens with zero attached hydrogens (tertiary/aromatic N) is 2. The Morgan fingerprint density at radius 1 is 1.00 bits per heavy atom. The van der Waals surface area contributed by atoms with Crippen molar-refractivity contribution in [3.63, 3.8) is 0 Å². The summed E-state index contributed by atoms with van der Waals surface area (Å²) >= 11 is 0. The van der Waals surface area contributed by atoms with Crippen molar-refractivity contribution < 1.29 is 14.4 Å². The van der Waals surface area contributed by atoms with Gasteiger partial charge >= 0.3 is 0 Å². The third-order valence-electron chi connectivity index (χ3n) is 4.74. The van der Waals surface area contributed by atoms with Crippen molar-refractivity contribution in [2.24, 2.45) is 5.92 Å². The molecule has 6 nitrogen and oxygen atoms in total. The highest BCUT2D eigenvalue weighted by atomic mass is 16.2. The number of carbonyl (C=O) groups excluding carboxylic acids is 3. The third kappa shape index (κ3) is 3.54. The summed E-state index contributed by atoms with van der Waals surface area (Å²) in [5.41, 5.74) is 3.76. The zero-order valence-electron chi connectivity index (χ0n) is 15.1. The Hall–Kier alpha value is -2.89. The topological polar surface area (TPSA) is 89.0 Å². The minimum absolute atomic E-state index is 0.0435. The fourth-order valence-electron chi connectivity index (χ4n) is 3.70. The van der Waals surface area contributed by atoms with Gasteiger partial charge in [0.25, 0.3) is 0 Å². The van der Waals surface area contributed by atoms with Crippen molar-refractivity contribution >= 4 is 23.4 Å². The van der Waals surface area contributed by atoms with Gasteiger partial charge in [-0.05, 0) is 43.5 Å². The van der Waals surface area contributed by atoms with Crippen molar-refractivity contribution in [2.45, 2.75) is 39.5 Å². The Morgan fingerprint density at radius 3 is 2.08 bits per heavy atom. The van der Waals surface area contributed by atoms with E-state index in [2.05, 4.69) is 15.3 Å². The van der Waals surface area contributed by atoms with Gasteiger partial charge in [-0.3, -0.25) is 19.7 Å². The molecule has 134 valence electrons. The van der Waals surface area contributed by atoms with E-state index in [-0.39, 0.29) is 30.4 Å². The van der Waals surface area contributed by atoms with Crippen LogP contribution < -0.4 is 5.32 Å². The van der Waals surface area contributed by atoms with Gasteiger partial charge in [0.05, 0.1) is 5.92 Å². The highest BCUT2D eigenvalue weighted by Gasteiger charge is 2.40. The highest BCUT2D eigenvalue weighted by molar-refractivity contribution is 6.13. The van der Waals surface area contributed by atoms with Gasteiger partial charge in [0.2, 0.25) is 11.9 Å². The summed E-state index contributed by atoms with van der Waals surface area (Å²) in [5, 5.41) is 2.57. The van der Waals surface area contributed by atoms with Crippen LogP contribution in [0.4, 0.5) is 5.95 Å². The Bertz CT molecular complexity index is 836. The number of aromatic nitrogens is 2. The average Bonchev–Trinajstić information content (AvgIpc) is 2.57. The molecular weight excluding hydrogens is 330 g/mol. The van der Waals surface area contributed by atoms with Crippen LogP contribution in [0.3, 0.4) is 0 Å². The summed E-state index contributed by atoms with van der Waals surface area (Å²) in [6.07, 6.45) is 3.11. The summed E-state index contributed by atoms with van der Waals surface area (Å²) < 4.78 is 0. The fraction of sp³-hybridized carbons (Fsp3) is 0.350. The first-order valence-corrected chi connectivity index (χ1v) is 8.58. The van der Waals surface area contributed by atoms with E-state index in [0.29, 0.717) is 0 Å². The van der Waals surface area contributed by atoms with E-state index in [1.54, 1.807) is 6.07 Å². The number of ketones is 2. The molecule has 26 heavy (non-hydrogen) atoms. The number of nitrogens with one attached hydrogen (secondary N) is 1. The van der Waals surface area contributed by atoms with E-state index >= 15 is 0 Å². The van der Waals surface area contributed by atoms with Gasteiger partial charge in [-0.15, -0.1) is 0 Å². The predicted molar refractivity (Wildman–Crippen MR) is 96.8 cm³/mol. The normalized spacial score (nSPS) is 20.1. The summed E-state index contributed by atoms with van der Waals surface area (Å²) in [6.45, 7) is 5.82. The first-order chi connectivity index (χ1) is 12.4. The molecular formula is C20H21N3O3. The molecule has 1 aliphatic rings. The minimum atomic E-state index is -0.771. The molecule has 1 aromatic carbocycles. The molecule has 1 heterocycles. The molecule has 1 aromatic heterocycles. The Kier molecular flexibility index (Phi) is 4.93. The van der Waals surface area contributed by atoms with Crippen LogP contribution in [-0.4, -0.2) is 27.4 Å². The van der Waals surface area contributed by atoms with E-state index < -0.39 is 17.7 Å². The molecule has 1 fully saturated rings. The lowest BCUT2D eigenvalue weighted by Crippen LogP contribution is -2.38. The predicted octanol–water partition coefficient (Wildman–Crippen LogP) is 2.67. The average molecular weight is 351 g/mol. The summed E-state index contributed by atoms with van der Waals surface area (Å²) in [5.74, 6) is -2.08. The maximum absolute atomic E-state index is 12.7. The Balaban J connectivity index is 1.79. The maximum atomic E-state index is 12.7. The zero-order chi connectivity index (χ0) is 18.8. The smallest absolute Gasteiger partial charge is 0.230 e. The molecule has 1 aliphatic carbocycles. The van der Waals surface area contributed by atoms with Gasteiger partial charge in [0.15, 0.2) is 0 Å². The molecule has 3 rings (SSSR count). The molecule has 0 spiro atoms. The molecule has 0 unspecified atom stereocenters. The monoisotopic (exact) mass is 351 g/mol. The van der Waals surface area contributed by atoms with Crippen molar-refractivity contribution in [1.82, 2.24) is 9.97 Å². The quantitative estimate of drug-likeness (QED) is 0.859. The number of anilines is 1. The second-order valence-corrected chi connectivity index (χ2v) is 6.84. The van der Waals surface area contributed by atoms with Crippen LogP contribution in [0, 0.1) is 26.7 Å². The van der Waals surface area contributed by atoms with Crippen LogP contribution in [0.1, 0.15) is 41.0 Å². The lowest BCUT2D eigenvalue weighted by atomic mass is 9.74. The zero-order valence-corrected chi connectivity index (χ0v) is 15.1. The molecule has 0 atom stereocenters. The van der Waals surface area contributed by atoms with Crippen LogP contribution in [0.2, 0.25) is 0 Å². The number of hydrogen-bond acceptors (Lipinski definition) is 5. The van der Waals surface area contributed by atoms with Crippen molar-refractivity contribution in [3.05, 3.63) is 52.8 Å². The fourth-order valence-corrected chi connectivity index (χ4v) is 3.70. The van der Waals surface area contributed by atoms with E-state index in [1.165, 1.54) is 12.4 Å². The molecule has 1 saturated carbocycles. The van der Waals surface area contributed by atoms with Crippen molar-refractivity contribution in [1.29, 1.82) is 0 Å². The minimum Gasteiger partial charge on any atom is -0.298 e. The number of Topliss-reactive ketones (excluding diaryl/α,β-unsaturated/α-hetero) is 2. The Morgan fingerprint density at radius 2 is 1.54 bits per heavy atom. The highest BCUT2D eigenvalue weighted by Crippen LogP contribution is 2.34. The van der Waals surface area contributed by atoms with Gasteiger partial charge < -0.3 is 0 Å².